The van der Waals surface area contributed by atoms with Crippen LogP contribution in [0.1, 0.15) is 12.1 Å². The first-order chi connectivity index (χ1) is 10.0. The molecule has 1 fully saturated rings. The maximum atomic E-state index is 11.5. The predicted octanol–water partition coefficient (Wildman–Crippen LogP) is 1.09. The van der Waals surface area contributed by atoms with Crippen LogP contribution in [0.4, 0.5) is 0 Å². The van der Waals surface area contributed by atoms with E-state index in [2.05, 4.69) is 9.97 Å². The van der Waals surface area contributed by atoms with Crippen molar-refractivity contribution in [1.29, 1.82) is 0 Å². The molecule has 2 aromatic rings. The second-order valence-electron chi connectivity index (χ2n) is 5.44. The largest absolute Gasteiger partial charge is 0.291 e. The fourth-order valence-corrected chi connectivity index (χ4v) is 3.60. The van der Waals surface area contributed by atoms with Crippen molar-refractivity contribution in [3.8, 4) is 5.82 Å². The Bertz CT molecular complexity index is 712. The Morgan fingerprint density at radius 3 is 2.90 bits per heavy atom. The third-order valence-electron chi connectivity index (χ3n) is 3.78. The highest BCUT2D eigenvalue weighted by atomic mass is 32.2. The van der Waals surface area contributed by atoms with E-state index in [0.29, 0.717) is 19.0 Å². The number of sulfonamides is 1. The van der Waals surface area contributed by atoms with Crippen LogP contribution in [-0.2, 0) is 16.4 Å². The Hall–Kier alpha value is -1.73. The third kappa shape index (κ3) is 3.30. The fourth-order valence-electron chi connectivity index (χ4n) is 2.68. The molecular weight excluding hydrogens is 288 g/mol. The molecule has 1 aliphatic rings. The molecule has 0 bridgehead atoms. The first-order valence-corrected chi connectivity index (χ1v) is 8.76. The molecule has 6 nitrogen and oxygen atoms in total. The van der Waals surface area contributed by atoms with E-state index in [0.717, 1.165) is 24.4 Å². The Morgan fingerprint density at radius 2 is 2.24 bits per heavy atom. The van der Waals surface area contributed by atoms with Gasteiger partial charge in [-0.2, -0.15) is 0 Å². The molecule has 2 aromatic heterocycles. The molecule has 7 heteroatoms. The summed E-state index contributed by atoms with van der Waals surface area (Å²) in [4.78, 5) is 8.64. The van der Waals surface area contributed by atoms with Gasteiger partial charge < -0.3 is 0 Å². The molecule has 0 N–H and O–H groups in total. The second-order valence-corrected chi connectivity index (χ2v) is 7.42. The lowest BCUT2D eigenvalue weighted by Crippen LogP contribution is -2.27. The first-order valence-electron chi connectivity index (χ1n) is 6.92. The van der Waals surface area contributed by atoms with Crippen LogP contribution in [0, 0.1) is 5.92 Å². The second kappa shape index (κ2) is 5.57. The number of nitrogens with zero attached hydrogens (tertiary/aromatic N) is 4. The monoisotopic (exact) mass is 306 g/mol. The van der Waals surface area contributed by atoms with E-state index in [1.54, 1.807) is 16.8 Å². The van der Waals surface area contributed by atoms with Gasteiger partial charge >= 0.3 is 0 Å². The molecule has 1 atom stereocenters. The van der Waals surface area contributed by atoms with Crippen LogP contribution in [0.2, 0.25) is 0 Å². The first kappa shape index (κ1) is 14.2. The van der Waals surface area contributed by atoms with Crippen LogP contribution in [0.5, 0.6) is 0 Å². The number of pyridine rings is 1. The lowest BCUT2D eigenvalue weighted by atomic mass is 10.0. The Morgan fingerprint density at radius 1 is 1.38 bits per heavy atom. The van der Waals surface area contributed by atoms with E-state index < -0.39 is 10.0 Å². The molecule has 0 saturated carbocycles. The standard InChI is InChI=1S/C14H18N4O2S/c1-21(19,20)18-7-5-12(10-18)9-13-3-2-4-14(16-13)17-8-6-15-11-17/h2-4,6,8,11-12H,5,7,9-10H2,1H3. The van der Waals surface area contributed by atoms with Crippen LogP contribution in [0.15, 0.2) is 36.9 Å². The number of imidazole rings is 1. The summed E-state index contributed by atoms with van der Waals surface area (Å²) in [5.74, 6) is 1.17. The molecule has 0 amide bonds. The van der Waals surface area contributed by atoms with Gasteiger partial charge in [0.15, 0.2) is 0 Å². The molecule has 112 valence electrons. The lowest BCUT2D eigenvalue weighted by molar-refractivity contribution is 0.459. The van der Waals surface area contributed by atoms with Gasteiger partial charge in [-0.3, -0.25) is 4.57 Å². The van der Waals surface area contributed by atoms with Crippen LogP contribution >= 0.6 is 0 Å². The maximum Gasteiger partial charge on any atom is 0.211 e. The van der Waals surface area contributed by atoms with Crippen LogP contribution < -0.4 is 0 Å². The highest BCUT2D eigenvalue weighted by Crippen LogP contribution is 2.22. The fraction of sp³-hybridized carbons (Fsp3) is 0.429. The average Bonchev–Trinajstić information content (AvgIpc) is 3.09. The van der Waals surface area contributed by atoms with Gasteiger partial charge in [-0.15, -0.1) is 0 Å². The minimum atomic E-state index is -3.07. The zero-order valence-electron chi connectivity index (χ0n) is 11.9. The van der Waals surface area contributed by atoms with Gasteiger partial charge in [-0.1, -0.05) is 6.07 Å². The number of hydrogen-bond acceptors (Lipinski definition) is 4. The van der Waals surface area contributed by atoms with Crippen molar-refractivity contribution in [2.45, 2.75) is 12.8 Å². The zero-order valence-corrected chi connectivity index (χ0v) is 12.7. The normalized spacial score (nSPS) is 20.0. The van der Waals surface area contributed by atoms with Crippen molar-refractivity contribution in [3.05, 3.63) is 42.6 Å². The quantitative estimate of drug-likeness (QED) is 0.848. The SMILES string of the molecule is CS(=O)(=O)N1CCC(Cc2cccc(-n3ccnc3)n2)C1. The number of aromatic nitrogens is 3. The van der Waals surface area contributed by atoms with Crippen LogP contribution in [0.25, 0.3) is 5.82 Å². The van der Waals surface area contributed by atoms with Gasteiger partial charge in [0.25, 0.3) is 0 Å². The summed E-state index contributed by atoms with van der Waals surface area (Å²) in [7, 11) is -3.07. The summed E-state index contributed by atoms with van der Waals surface area (Å²) in [5.41, 5.74) is 0.988. The summed E-state index contributed by atoms with van der Waals surface area (Å²) in [6.07, 6.45) is 8.25. The van der Waals surface area contributed by atoms with E-state index in [4.69, 9.17) is 0 Å². The van der Waals surface area contributed by atoms with E-state index in [-0.39, 0.29) is 0 Å². The molecular formula is C14H18N4O2S. The van der Waals surface area contributed by atoms with Gasteiger partial charge in [0.1, 0.15) is 12.1 Å². The third-order valence-corrected chi connectivity index (χ3v) is 5.05. The Balaban J connectivity index is 1.71. The zero-order chi connectivity index (χ0) is 14.9. The lowest BCUT2D eigenvalue weighted by Gasteiger charge is -2.13. The summed E-state index contributed by atoms with van der Waals surface area (Å²) in [5, 5.41) is 0. The summed E-state index contributed by atoms with van der Waals surface area (Å²) in [6.45, 7) is 1.21. The molecule has 0 spiro atoms. The molecule has 1 unspecified atom stereocenters. The van der Waals surface area contributed by atoms with Gasteiger partial charge in [0.05, 0.1) is 6.26 Å². The molecule has 1 aliphatic heterocycles. The topological polar surface area (TPSA) is 68.1 Å². The van der Waals surface area contributed by atoms with Crippen molar-refractivity contribution >= 4 is 10.0 Å². The number of rotatable bonds is 4. The Kier molecular flexibility index (Phi) is 3.77. The van der Waals surface area contributed by atoms with Crippen LogP contribution in [0.3, 0.4) is 0 Å². The van der Waals surface area contributed by atoms with Gasteiger partial charge in [-0.25, -0.2) is 22.7 Å². The van der Waals surface area contributed by atoms with E-state index in [9.17, 15) is 8.42 Å². The van der Waals surface area contributed by atoms with E-state index in [1.165, 1.54) is 6.26 Å². The average molecular weight is 306 g/mol. The van der Waals surface area contributed by atoms with Crippen molar-refractivity contribution in [1.82, 2.24) is 18.8 Å². The molecule has 0 aliphatic carbocycles. The summed E-state index contributed by atoms with van der Waals surface area (Å²) in [6, 6.07) is 5.90. The molecule has 0 aromatic carbocycles. The minimum Gasteiger partial charge on any atom is -0.291 e. The highest BCUT2D eigenvalue weighted by molar-refractivity contribution is 7.88. The van der Waals surface area contributed by atoms with Crippen molar-refractivity contribution < 1.29 is 8.42 Å². The summed E-state index contributed by atoms with van der Waals surface area (Å²) >= 11 is 0. The van der Waals surface area contributed by atoms with Crippen molar-refractivity contribution in [2.75, 3.05) is 19.3 Å². The summed E-state index contributed by atoms with van der Waals surface area (Å²) < 4.78 is 26.5. The van der Waals surface area contributed by atoms with Gasteiger partial charge in [0.2, 0.25) is 10.0 Å². The predicted molar refractivity (Wildman–Crippen MR) is 79.6 cm³/mol. The highest BCUT2D eigenvalue weighted by Gasteiger charge is 2.28. The molecule has 3 rings (SSSR count). The molecule has 1 saturated heterocycles. The molecule has 0 radical (unpaired) electrons. The maximum absolute atomic E-state index is 11.5. The van der Waals surface area contributed by atoms with E-state index in [1.807, 2.05) is 29.0 Å². The van der Waals surface area contributed by atoms with Crippen LogP contribution in [-0.4, -0.2) is 46.6 Å². The van der Waals surface area contributed by atoms with Crippen molar-refractivity contribution in [3.63, 3.8) is 0 Å². The van der Waals surface area contributed by atoms with E-state index >= 15 is 0 Å². The minimum absolute atomic E-state index is 0.338. The number of hydrogen-bond donors (Lipinski definition) is 0. The van der Waals surface area contributed by atoms with Crippen molar-refractivity contribution in [2.24, 2.45) is 5.92 Å². The smallest absolute Gasteiger partial charge is 0.211 e. The van der Waals surface area contributed by atoms with Gasteiger partial charge in [-0.05, 0) is 30.9 Å². The Labute approximate surface area is 124 Å². The molecule has 21 heavy (non-hydrogen) atoms. The molecule has 3 heterocycles. The van der Waals surface area contributed by atoms with Gasteiger partial charge in [0, 0.05) is 31.2 Å².